The molecule has 1 aliphatic rings. The van der Waals surface area contributed by atoms with Gasteiger partial charge in [0, 0.05) is 23.8 Å². The molecule has 1 aliphatic carbocycles. The van der Waals surface area contributed by atoms with Crippen LogP contribution in [0.2, 0.25) is 0 Å². The van der Waals surface area contributed by atoms with Crippen molar-refractivity contribution in [1.29, 1.82) is 0 Å². The van der Waals surface area contributed by atoms with Crippen LogP contribution in [-0.2, 0) is 6.18 Å². The van der Waals surface area contributed by atoms with Crippen molar-refractivity contribution in [3.05, 3.63) is 48.3 Å². The van der Waals surface area contributed by atoms with E-state index in [-0.39, 0.29) is 11.3 Å². The summed E-state index contributed by atoms with van der Waals surface area (Å²) in [5.74, 6) is 0.407. The average Bonchev–Trinajstić information content (AvgIpc) is 3.46. The lowest BCUT2D eigenvalue weighted by Gasteiger charge is -2.29. The topological polar surface area (TPSA) is 86.3 Å². The number of carbonyl (C=O) groups is 1. The maximum atomic E-state index is 13.1. The summed E-state index contributed by atoms with van der Waals surface area (Å²) in [6, 6.07) is 4.64. The summed E-state index contributed by atoms with van der Waals surface area (Å²) in [6.07, 6.45) is 4.17. The number of ether oxygens (including phenoxy) is 1. The predicted octanol–water partition coefficient (Wildman–Crippen LogP) is 6.29. The second-order valence-electron chi connectivity index (χ2n) is 8.71. The van der Waals surface area contributed by atoms with Crippen LogP contribution in [0.15, 0.2) is 36.9 Å². The number of nitrogens with one attached hydrogen (secondary N) is 1. The van der Waals surface area contributed by atoms with Crippen LogP contribution in [0.5, 0.6) is 5.75 Å². The summed E-state index contributed by atoms with van der Waals surface area (Å²) >= 11 is 4.97. The second-order valence-corrected chi connectivity index (χ2v) is 13.8. The molecule has 0 spiro atoms. The van der Waals surface area contributed by atoms with Crippen molar-refractivity contribution in [2.24, 2.45) is 5.92 Å². The van der Waals surface area contributed by atoms with Gasteiger partial charge in [0.1, 0.15) is 17.8 Å². The molecule has 3 heterocycles. The molecule has 13 heteroatoms. The SMILES string of the molecule is COc1cc2nn([C@H]3CC[C@H](C(I)I)CC3)cc2cc1NC(=O)c1ncn2ccc(C(F)(F)F)nc12. The summed E-state index contributed by atoms with van der Waals surface area (Å²) in [7, 11) is 1.47. The van der Waals surface area contributed by atoms with Gasteiger partial charge in [0.25, 0.3) is 5.91 Å². The van der Waals surface area contributed by atoms with Crippen molar-refractivity contribution >= 4 is 73.3 Å². The quantitative estimate of drug-likeness (QED) is 0.194. The fraction of sp³-hybridized carbons (Fsp3) is 0.391. The summed E-state index contributed by atoms with van der Waals surface area (Å²) < 4.78 is 48.7. The number of aromatic nitrogens is 5. The van der Waals surface area contributed by atoms with Crippen LogP contribution < -0.4 is 10.1 Å². The molecule has 0 bridgehead atoms. The Morgan fingerprint density at radius 2 is 1.97 bits per heavy atom. The van der Waals surface area contributed by atoms with Gasteiger partial charge >= 0.3 is 6.18 Å². The van der Waals surface area contributed by atoms with Gasteiger partial charge in [-0.3, -0.25) is 13.9 Å². The fourth-order valence-electron chi connectivity index (χ4n) is 4.52. The first-order chi connectivity index (χ1) is 17.1. The summed E-state index contributed by atoms with van der Waals surface area (Å²) in [5, 5.41) is 8.28. The minimum Gasteiger partial charge on any atom is -0.494 e. The van der Waals surface area contributed by atoms with E-state index in [0.717, 1.165) is 48.6 Å². The average molecular weight is 724 g/mol. The molecule has 1 N–H and O–H groups in total. The number of nitrogens with zero attached hydrogens (tertiary/aromatic N) is 5. The van der Waals surface area contributed by atoms with Crippen LogP contribution in [0.3, 0.4) is 0 Å². The van der Waals surface area contributed by atoms with Crippen molar-refractivity contribution in [3.63, 3.8) is 0 Å². The Labute approximate surface area is 231 Å². The van der Waals surface area contributed by atoms with E-state index in [2.05, 4.69) is 60.5 Å². The predicted molar refractivity (Wildman–Crippen MR) is 145 cm³/mol. The third kappa shape index (κ3) is 4.99. The van der Waals surface area contributed by atoms with Crippen molar-refractivity contribution < 1.29 is 22.7 Å². The van der Waals surface area contributed by atoms with Gasteiger partial charge in [0.15, 0.2) is 11.3 Å². The zero-order valence-electron chi connectivity index (χ0n) is 19.0. The zero-order valence-corrected chi connectivity index (χ0v) is 23.3. The van der Waals surface area contributed by atoms with Crippen molar-refractivity contribution in [1.82, 2.24) is 24.1 Å². The Hall–Kier alpha value is -2.17. The van der Waals surface area contributed by atoms with Gasteiger partial charge in [-0.2, -0.15) is 18.3 Å². The van der Waals surface area contributed by atoms with E-state index in [1.54, 1.807) is 12.1 Å². The number of rotatable bonds is 5. The molecular formula is C23H21F3I2N6O2. The third-order valence-corrected chi connectivity index (χ3v) is 8.49. The zero-order chi connectivity index (χ0) is 25.6. The minimum absolute atomic E-state index is 0.189. The van der Waals surface area contributed by atoms with Gasteiger partial charge in [-0.25, -0.2) is 9.97 Å². The molecule has 1 saturated carbocycles. The maximum Gasteiger partial charge on any atom is 0.433 e. The van der Waals surface area contributed by atoms with Crippen molar-refractivity contribution in [3.8, 4) is 5.75 Å². The number of benzene rings is 1. The van der Waals surface area contributed by atoms with Gasteiger partial charge in [0.2, 0.25) is 0 Å². The maximum absolute atomic E-state index is 13.1. The molecule has 0 aliphatic heterocycles. The van der Waals surface area contributed by atoms with Crippen LogP contribution in [-0.4, -0.2) is 39.1 Å². The number of amides is 1. The largest absolute Gasteiger partial charge is 0.494 e. The lowest BCUT2D eigenvalue weighted by molar-refractivity contribution is -0.141. The number of methoxy groups -OCH3 is 1. The number of hydrogen-bond donors (Lipinski definition) is 1. The first-order valence-electron chi connectivity index (χ1n) is 11.2. The van der Waals surface area contributed by atoms with E-state index in [1.165, 1.54) is 24.0 Å². The molecule has 36 heavy (non-hydrogen) atoms. The number of fused-ring (bicyclic) bond motifs is 2. The van der Waals surface area contributed by atoms with Crippen LogP contribution in [0.1, 0.15) is 47.9 Å². The van der Waals surface area contributed by atoms with E-state index in [1.807, 2.05) is 10.9 Å². The van der Waals surface area contributed by atoms with Gasteiger partial charge < -0.3 is 10.1 Å². The first kappa shape index (κ1) is 25.5. The van der Waals surface area contributed by atoms with Crippen molar-refractivity contribution in [2.75, 3.05) is 12.4 Å². The molecule has 4 aromatic rings. The van der Waals surface area contributed by atoms with Crippen LogP contribution in [0.4, 0.5) is 18.9 Å². The van der Waals surface area contributed by atoms with E-state index < -0.39 is 17.8 Å². The van der Waals surface area contributed by atoms with Crippen LogP contribution in [0.25, 0.3) is 16.6 Å². The smallest absolute Gasteiger partial charge is 0.433 e. The molecular weight excluding hydrogens is 703 g/mol. The Morgan fingerprint density at radius 1 is 1.22 bits per heavy atom. The van der Waals surface area contributed by atoms with Crippen LogP contribution in [0, 0.1) is 5.92 Å². The molecule has 0 atom stereocenters. The molecule has 190 valence electrons. The highest BCUT2D eigenvalue weighted by Crippen LogP contribution is 2.39. The van der Waals surface area contributed by atoms with E-state index in [4.69, 9.17) is 9.84 Å². The molecule has 1 fully saturated rings. The van der Waals surface area contributed by atoms with Gasteiger partial charge in [-0.05, 0) is 43.7 Å². The second kappa shape index (κ2) is 9.95. The summed E-state index contributed by atoms with van der Waals surface area (Å²) in [6.45, 7) is 0. The fourth-order valence-corrected chi connectivity index (χ4v) is 5.96. The lowest BCUT2D eigenvalue weighted by Crippen LogP contribution is -2.21. The first-order valence-corrected chi connectivity index (χ1v) is 13.7. The number of hydrogen-bond acceptors (Lipinski definition) is 5. The van der Waals surface area contributed by atoms with Gasteiger partial charge in [-0.15, -0.1) is 0 Å². The van der Waals surface area contributed by atoms with E-state index >= 15 is 0 Å². The highest BCUT2D eigenvalue weighted by molar-refractivity contribution is 14.2. The lowest BCUT2D eigenvalue weighted by atomic mass is 9.87. The Balaban J connectivity index is 1.41. The monoisotopic (exact) mass is 724 g/mol. The number of anilines is 1. The highest BCUT2D eigenvalue weighted by Gasteiger charge is 2.33. The third-order valence-electron chi connectivity index (χ3n) is 6.46. The molecule has 1 aromatic carbocycles. The minimum atomic E-state index is -4.64. The number of carbonyl (C=O) groups excluding carboxylic acids is 1. The van der Waals surface area contributed by atoms with Crippen molar-refractivity contribution in [2.45, 2.75) is 39.8 Å². The summed E-state index contributed by atoms with van der Waals surface area (Å²) in [4.78, 5) is 20.6. The van der Waals surface area contributed by atoms with Gasteiger partial charge in [-0.1, -0.05) is 45.2 Å². The number of alkyl halides is 5. The van der Waals surface area contributed by atoms with E-state index in [9.17, 15) is 18.0 Å². The van der Waals surface area contributed by atoms with E-state index in [0.29, 0.717) is 19.4 Å². The number of halogens is 5. The molecule has 0 unspecified atom stereocenters. The Bertz CT molecular complexity index is 1430. The standard InChI is InChI=1S/C23H21F3I2N6O2/c1-36-17-9-15-13(10-34(32-15)14-4-2-12(3-5-14)20(27)28)8-16(17)30-22(35)19-21-31-18(23(24,25)26)6-7-33(21)11-29-19/h6-12,14,20H,2-5H2,1H3,(H,30,35)/t12-,14-. The Kier molecular flexibility index (Phi) is 7.04. The molecule has 3 aromatic heterocycles. The Morgan fingerprint density at radius 3 is 2.64 bits per heavy atom. The highest BCUT2D eigenvalue weighted by atomic mass is 127. The molecule has 0 saturated heterocycles. The molecule has 8 nitrogen and oxygen atoms in total. The van der Waals surface area contributed by atoms with Crippen LogP contribution >= 0.6 is 45.2 Å². The molecule has 0 radical (unpaired) electrons. The summed E-state index contributed by atoms with van der Waals surface area (Å²) in [5.41, 5.74) is -0.413. The van der Waals surface area contributed by atoms with Gasteiger partial charge in [0.05, 0.1) is 26.3 Å². The number of imidazole rings is 1. The molecule has 5 rings (SSSR count). The normalized spacial score (nSPS) is 18.8. The molecule has 1 amide bonds.